The summed E-state index contributed by atoms with van der Waals surface area (Å²) in [4.78, 5) is 10.5. The molecule has 1 unspecified atom stereocenters. The molecule has 0 aliphatic heterocycles. The zero-order valence-corrected chi connectivity index (χ0v) is 11.7. The Morgan fingerprint density at radius 3 is 2.71 bits per heavy atom. The molecule has 2 aromatic rings. The van der Waals surface area contributed by atoms with Crippen LogP contribution in [0, 0.1) is 22.5 Å². The average Bonchev–Trinajstić information content (AvgIpc) is 2.53. The lowest BCUT2D eigenvalue weighted by Gasteiger charge is -2.19. The maximum Gasteiger partial charge on any atom is 0.269 e. The molecule has 4 nitrogen and oxygen atoms in total. The number of terminal acetylenes is 1. The molecule has 0 amide bonds. The number of nitrogens with one attached hydrogen (secondary N) is 1. The molecule has 21 heavy (non-hydrogen) atoms. The topological polar surface area (TPSA) is 55.2 Å². The van der Waals surface area contributed by atoms with E-state index in [1.165, 1.54) is 6.07 Å². The molecular weight excluding hydrogens is 264 g/mol. The van der Waals surface area contributed by atoms with Crippen molar-refractivity contribution in [3.8, 4) is 12.3 Å². The van der Waals surface area contributed by atoms with Crippen LogP contribution in [0.15, 0.2) is 48.5 Å². The molecular formula is C17H16N2O2. The van der Waals surface area contributed by atoms with Crippen LogP contribution in [0.4, 0.5) is 11.4 Å². The molecule has 0 aromatic heterocycles. The van der Waals surface area contributed by atoms with E-state index in [4.69, 9.17) is 6.42 Å². The van der Waals surface area contributed by atoms with Crippen molar-refractivity contribution in [3.05, 3.63) is 69.8 Å². The second-order valence-corrected chi connectivity index (χ2v) is 4.68. The third kappa shape index (κ3) is 3.61. The Kier molecular flexibility index (Phi) is 4.57. The van der Waals surface area contributed by atoms with Gasteiger partial charge in [0.2, 0.25) is 0 Å². The van der Waals surface area contributed by atoms with Crippen molar-refractivity contribution in [1.82, 2.24) is 0 Å². The van der Waals surface area contributed by atoms with Gasteiger partial charge in [-0.25, -0.2) is 0 Å². The lowest BCUT2D eigenvalue weighted by atomic mass is 10.0. The van der Waals surface area contributed by atoms with Crippen LogP contribution in [0.5, 0.6) is 0 Å². The second-order valence-electron chi connectivity index (χ2n) is 4.68. The maximum absolute atomic E-state index is 10.9. The summed E-state index contributed by atoms with van der Waals surface area (Å²) in [7, 11) is 0. The van der Waals surface area contributed by atoms with Crippen molar-refractivity contribution >= 4 is 11.4 Å². The highest BCUT2D eigenvalue weighted by Gasteiger charge is 2.13. The van der Waals surface area contributed by atoms with E-state index in [1.807, 2.05) is 37.3 Å². The van der Waals surface area contributed by atoms with Crippen molar-refractivity contribution in [2.24, 2.45) is 0 Å². The Labute approximate surface area is 124 Å². The summed E-state index contributed by atoms with van der Waals surface area (Å²) < 4.78 is 0. The largest absolute Gasteiger partial charge is 0.378 e. The fourth-order valence-corrected chi connectivity index (χ4v) is 2.18. The third-order valence-corrected chi connectivity index (χ3v) is 3.26. The van der Waals surface area contributed by atoms with Gasteiger partial charge in [-0.15, -0.1) is 6.42 Å². The van der Waals surface area contributed by atoms with Crippen molar-refractivity contribution in [3.63, 3.8) is 0 Å². The number of hydrogen-bond acceptors (Lipinski definition) is 3. The molecule has 0 fully saturated rings. The molecule has 2 aromatic carbocycles. The second kappa shape index (κ2) is 6.58. The Bertz CT molecular complexity index is 689. The van der Waals surface area contributed by atoms with Gasteiger partial charge in [0.25, 0.3) is 5.69 Å². The van der Waals surface area contributed by atoms with Crippen molar-refractivity contribution in [2.45, 2.75) is 19.4 Å². The van der Waals surface area contributed by atoms with Crippen LogP contribution in [0.25, 0.3) is 0 Å². The van der Waals surface area contributed by atoms with Crippen LogP contribution in [0.2, 0.25) is 0 Å². The van der Waals surface area contributed by atoms with Gasteiger partial charge >= 0.3 is 0 Å². The molecule has 1 N–H and O–H groups in total. The van der Waals surface area contributed by atoms with E-state index in [0.717, 1.165) is 23.2 Å². The molecule has 0 aliphatic carbocycles. The number of nitro groups is 1. The van der Waals surface area contributed by atoms with Crippen molar-refractivity contribution in [1.29, 1.82) is 0 Å². The summed E-state index contributed by atoms with van der Waals surface area (Å²) in [5.74, 6) is 2.59. The number of nitro benzene ring substituents is 1. The first kappa shape index (κ1) is 14.6. The molecule has 0 saturated heterocycles. The Morgan fingerprint density at radius 2 is 2.05 bits per heavy atom. The summed E-state index contributed by atoms with van der Waals surface area (Å²) >= 11 is 0. The predicted octanol–water partition coefficient (Wildman–Crippen LogP) is 4.14. The number of nitrogens with zero attached hydrogens (tertiary/aromatic N) is 1. The predicted molar refractivity (Wildman–Crippen MR) is 84.1 cm³/mol. The van der Waals surface area contributed by atoms with Crippen LogP contribution in [0.1, 0.15) is 30.5 Å². The van der Waals surface area contributed by atoms with E-state index >= 15 is 0 Å². The standard InChI is InChI=1S/C17H16N2O2/c1-3-13-7-5-9-15(11-13)18-17(4-2)14-8-6-10-16(12-14)19(20)21/h1,5-12,17-18H,4H2,2H3. The number of rotatable bonds is 5. The zero-order chi connectivity index (χ0) is 15.2. The van der Waals surface area contributed by atoms with Crippen LogP contribution >= 0.6 is 0 Å². The van der Waals surface area contributed by atoms with Gasteiger partial charge in [0.1, 0.15) is 0 Å². The van der Waals surface area contributed by atoms with Gasteiger partial charge < -0.3 is 5.32 Å². The van der Waals surface area contributed by atoms with Gasteiger partial charge in [-0.2, -0.15) is 0 Å². The van der Waals surface area contributed by atoms with Gasteiger partial charge in [-0.1, -0.05) is 31.0 Å². The first-order valence-electron chi connectivity index (χ1n) is 6.71. The zero-order valence-electron chi connectivity index (χ0n) is 11.7. The normalized spacial score (nSPS) is 11.4. The van der Waals surface area contributed by atoms with Crippen LogP contribution in [0.3, 0.4) is 0 Å². The number of benzene rings is 2. The minimum atomic E-state index is -0.380. The van der Waals surface area contributed by atoms with E-state index in [0.29, 0.717) is 0 Å². The molecule has 0 bridgehead atoms. The molecule has 4 heteroatoms. The molecule has 2 rings (SSSR count). The smallest absolute Gasteiger partial charge is 0.269 e. The Balaban J connectivity index is 2.25. The summed E-state index contributed by atoms with van der Waals surface area (Å²) in [6, 6.07) is 14.3. The maximum atomic E-state index is 10.9. The molecule has 0 spiro atoms. The summed E-state index contributed by atoms with van der Waals surface area (Å²) in [5.41, 5.74) is 2.70. The highest BCUT2D eigenvalue weighted by molar-refractivity contribution is 5.52. The van der Waals surface area contributed by atoms with Gasteiger partial charge in [0.15, 0.2) is 0 Å². The number of non-ortho nitro benzene ring substituents is 1. The van der Waals surface area contributed by atoms with Crippen LogP contribution < -0.4 is 5.32 Å². The summed E-state index contributed by atoms with van der Waals surface area (Å²) in [6.45, 7) is 2.03. The molecule has 0 aliphatic rings. The van der Waals surface area contributed by atoms with E-state index < -0.39 is 0 Å². The van der Waals surface area contributed by atoms with E-state index in [2.05, 4.69) is 11.2 Å². The van der Waals surface area contributed by atoms with Gasteiger partial charge in [0, 0.05) is 23.4 Å². The molecule has 0 heterocycles. The number of anilines is 1. The highest BCUT2D eigenvalue weighted by atomic mass is 16.6. The highest BCUT2D eigenvalue weighted by Crippen LogP contribution is 2.25. The third-order valence-electron chi connectivity index (χ3n) is 3.26. The molecule has 0 saturated carbocycles. The van der Waals surface area contributed by atoms with Gasteiger partial charge in [0.05, 0.1) is 11.0 Å². The summed E-state index contributed by atoms with van der Waals surface area (Å²) in [6.07, 6.45) is 6.20. The fourth-order valence-electron chi connectivity index (χ4n) is 2.18. The minimum Gasteiger partial charge on any atom is -0.378 e. The van der Waals surface area contributed by atoms with Gasteiger partial charge in [-0.3, -0.25) is 10.1 Å². The SMILES string of the molecule is C#Cc1cccc(NC(CC)c2cccc([N+](=O)[O-])c2)c1. The van der Waals surface area contributed by atoms with E-state index in [-0.39, 0.29) is 16.7 Å². The van der Waals surface area contributed by atoms with Gasteiger partial charge in [-0.05, 0) is 30.2 Å². The molecule has 1 atom stereocenters. The quantitative estimate of drug-likeness (QED) is 0.509. The Morgan fingerprint density at radius 1 is 1.29 bits per heavy atom. The minimum absolute atomic E-state index is 0.00192. The molecule has 0 radical (unpaired) electrons. The van der Waals surface area contributed by atoms with Crippen LogP contribution in [-0.4, -0.2) is 4.92 Å². The fraction of sp³-hybridized carbons (Fsp3) is 0.176. The van der Waals surface area contributed by atoms with E-state index in [1.54, 1.807) is 12.1 Å². The monoisotopic (exact) mass is 280 g/mol. The first-order chi connectivity index (χ1) is 10.1. The van der Waals surface area contributed by atoms with Crippen molar-refractivity contribution < 1.29 is 4.92 Å². The lowest BCUT2D eigenvalue weighted by molar-refractivity contribution is -0.384. The lowest BCUT2D eigenvalue weighted by Crippen LogP contribution is -2.10. The van der Waals surface area contributed by atoms with E-state index in [9.17, 15) is 10.1 Å². The Hall–Kier alpha value is -2.80. The summed E-state index contributed by atoms with van der Waals surface area (Å²) in [5, 5.41) is 14.2. The average molecular weight is 280 g/mol. The number of hydrogen-bond donors (Lipinski definition) is 1. The first-order valence-corrected chi connectivity index (χ1v) is 6.71. The van der Waals surface area contributed by atoms with Crippen LogP contribution in [-0.2, 0) is 0 Å². The molecule has 106 valence electrons. The van der Waals surface area contributed by atoms with Crippen molar-refractivity contribution in [2.75, 3.05) is 5.32 Å².